The molecule has 0 unspecified atom stereocenters. The lowest BCUT2D eigenvalue weighted by atomic mass is 9.91. The van der Waals surface area contributed by atoms with Crippen molar-refractivity contribution in [2.24, 2.45) is 0 Å². The minimum atomic E-state index is 1.09. The molecule has 60 heavy (non-hydrogen) atoms. The Morgan fingerprint density at radius 2 is 0.717 bits per heavy atom. The van der Waals surface area contributed by atoms with E-state index in [9.17, 15) is 0 Å². The number of fused-ring (bicyclic) bond motifs is 4. The summed E-state index contributed by atoms with van der Waals surface area (Å²) >= 11 is 0. The Morgan fingerprint density at radius 1 is 0.283 bits per heavy atom. The molecule has 0 N–H and O–H groups in total. The molecule has 0 saturated carbocycles. The Hall–Kier alpha value is -7.94. The number of hydrogen-bond donors (Lipinski definition) is 0. The molecule has 0 atom stereocenters. The number of nitrogens with zero attached hydrogens (tertiary/aromatic N) is 2. The summed E-state index contributed by atoms with van der Waals surface area (Å²) in [5.74, 6) is 0. The van der Waals surface area contributed by atoms with Crippen LogP contribution >= 0.6 is 0 Å². The van der Waals surface area contributed by atoms with Gasteiger partial charge in [-0.25, -0.2) is 0 Å². The molecule has 11 aromatic rings. The Kier molecular flexibility index (Phi) is 8.87. The van der Waals surface area contributed by atoms with E-state index in [4.69, 9.17) is 0 Å². The summed E-state index contributed by atoms with van der Waals surface area (Å²) in [7, 11) is 0. The van der Waals surface area contributed by atoms with Crippen LogP contribution in [0.2, 0.25) is 0 Å². The number of rotatable bonds is 8. The van der Waals surface area contributed by atoms with Crippen molar-refractivity contribution in [2.45, 2.75) is 0 Å². The van der Waals surface area contributed by atoms with Crippen LogP contribution in [-0.4, -0.2) is 4.57 Å². The quantitative estimate of drug-likeness (QED) is 0.150. The Labute approximate surface area is 350 Å². The number of anilines is 3. The van der Waals surface area contributed by atoms with Gasteiger partial charge in [0, 0.05) is 33.5 Å². The molecule has 0 aliphatic rings. The predicted octanol–water partition coefficient (Wildman–Crippen LogP) is 16.1. The third kappa shape index (κ3) is 6.32. The number of para-hydroxylation sites is 2. The van der Waals surface area contributed by atoms with Crippen LogP contribution in [0.15, 0.2) is 243 Å². The first-order chi connectivity index (χ1) is 29.8. The van der Waals surface area contributed by atoms with E-state index in [1.54, 1.807) is 0 Å². The highest BCUT2D eigenvalue weighted by Crippen LogP contribution is 2.42. The zero-order chi connectivity index (χ0) is 39.8. The highest BCUT2D eigenvalue weighted by molar-refractivity contribution is 6.09. The van der Waals surface area contributed by atoms with Crippen molar-refractivity contribution < 1.29 is 0 Å². The van der Waals surface area contributed by atoms with Crippen LogP contribution in [0.1, 0.15) is 0 Å². The molecule has 1 heterocycles. The Morgan fingerprint density at radius 3 is 1.28 bits per heavy atom. The first-order valence-corrected chi connectivity index (χ1v) is 20.6. The molecule has 0 bridgehead atoms. The molecule has 0 radical (unpaired) electrons. The molecule has 10 aromatic carbocycles. The fourth-order valence-corrected chi connectivity index (χ4v) is 8.94. The molecule has 282 valence electrons. The van der Waals surface area contributed by atoms with Gasteiger partial charge in [-0.2, -0.15) is 0 Å². The van der Waals surface area contributed by atoms with Crippen molar-refractivity contribution in [3.05, 3.63) is 243 Å². The van der Waals surface area contributed by atoms with Gasteiger partial charge in [0.2, 0.25) is 0 Å². The fraction of sp³-hybridized carbons (Fsp3) is 0. The molecular formula is C58H40N2. The summed E-state index contributed by atoms with van der Waals surface area (Å²) < 4.78 is 2.37. The van der Waals surface area contributed by atoms with Gasteiger partial charge in [-0.3, -0.25) is 0 Å². The number of aromatic nitrogens is 1. The summed E-state index contributed by atoms with van der Waals surface area (Å²) in [6.07, 6.45) is 0. The first kappa shape index (κ1) is 35.2. The van der Waals surface area contributed by atoms with E-state index < -0.39 is 0 Å². The fourth-order valence-electron chi connectivity index (χ4n) is 8.94. The molecule has 0 aliphatic carbocycles. The number of benzene rings is 10. The molecule has 11 rings (SSSR count). The van der Waals surface area contributed by atoms with Crippen molar-refractivity contribution in [2.75, 3.05) is 4.90 Å². The topological polar surface area (TPSA) is 8.17 Å². The van der Waals surface area contributed by atoms with Gasteiger partial charge in [0.05, 0.1) is 11.0 Å². The van der Waals surface area contributed by atoms with Gasteiger partial charge >= 0.3 is 0 Å². The van der Waals surface area contributed by atoms with Gasteiger partial charge in [-0.15, -0.1) is 0 Å². The van der Waals surface area contributed by atoms with Gasteiger partial charge in [-0.05, 0) is 116 Å². The second-order valence-corrected chi connectivity index (χ2v) is 15.3. The standard InChI is InChI=1S/C58H40N2/c1-3-14-41(15-4-1)42-28-34-48(35-29-42)59(51-21-11-20-47(40-51)53-25-13-19-46-18-12-24-52(58(46)53)45-16-5-2-6-17-45)49-36-30-43(31-37-49)44-32-38-50(39-33-44)60-56-26-9-7-22-54(56)55-23-8-10-27-57(55)60/h1-40H. The van der Waals surface area contributed by atoms with E-state index in [2.05, 4.69) is 252 Å². The maximum atomic E-state index is 2.37. The Bertz CT molecular complexity index is 3210. The lowest BCUT2D eigenvalue weighted by Gasteiger charge is -2.26. The minimum Gasteiger partial charge on any atom is -0.310 e. The van der Waals surface area contributed by atoms with Crippen LogP contribution in [0.5, 0.6) is 0 Å². The Balaban J connectivity index is 0.983. The van der Waals surface area contributed by atoms with E-state index in [0.29, 0.717) is 0 Å². The third-order valence-electron chi connectivity index (χ3n) is 11.8. The van der Waals surface area contributed by atoms with Crippen molar-refractivity contribution in [1.82, 2.24) is 4.57 Å². The monoisotopic (exact) mass is 764 g/mol. The maximum Gasteiger partial charge on any atom is 0.0541 e. The van der Waals surface area contributed by atoms with Gasteiger partial charge in [-0.1, -0.05) is 182 Å². The van der Waals surface area contributed by atoms with Gasteiger partial charge in [0.25, 0.3) is 0 Å². The molecule has 0 spiro atoms. The summed E-state index contributed by atoms with van der Waals surface area (Å²) in [6, 6.07) is 87.8. The van der Waals surface area contributed by atoms with Crippen LogP contribution in [0.3, 0.4) is 0 Å². The van der Waals surface area contributed by atoms with Crippen molar-refractivity contribution in [3.63, 3.8) is 0 Å². The molecule has 1 aromatic heterocycles. The molecule has 0 fully saturated rings. The normalized spacial score (nSPS) is 11.3. The molecule has 2 heteroatoms. The third-order valence-corrected chi connectivity index (χ3v) is 11.8. The SMILES string of the molecule is c1ccc(-c2ccc(N(c3ccc(-c4ccc(-n5c6ccccc6c6ccccc65)cc4)cc3)c3cccc(-c4cccc5cccc(-c6ccccc6)c45)c3)cc2)cc1. The van der Waals surface area contributed by atoms with E-state index in [-0.39, 0.29) is 0 Å². The van der Waals surface area contributed by atoms with Crippen molar-refractivity contribution in [1.29, 1.82) is 0 Å². The maximum absolute atomic E-state index is 2.37. The lowest BCUT2D eigenvalue weighted by Crippen LogP contribution is -2.10. The van der Waals surface area contributed by atoms with E-state index in [0.717, 1.165) is 22.7 Å². The smallest absolute Gasteiger partial charge is 0.0541 e. The van der Waals surface area contributed by atoms with Gasteiger partial charge < -0.3 is 9.47 Å². The largest absolute Gasteiger partial charge is 0.310 e. The highest BCUT2D eigenvalue weighted by atomic mass is 15.1. The average molecular weight is 765 g/mol. The summed E-state index contributed by atoms with van der Waals surface area (Å²) in [6.45, 7) is 0. The zero-order valence-corrected chi connectivity index (χ0v) is 33.0. The predicted molar refractivity (Wildman–Crippen MR) is 255 cm³/mol. The summed E-state index contributed by atoms with van der Waals surface area (Å²) in [5.41, 5.74) is 16.5. The second-order valence-electron chi connectivity index (χ2n) is 15.3. The van der Waals surface area contributed by atoms with Crippen molar-refractivity contribution in [3.8, 4) is 50.2 Å². The van der Waals surface area contributed by atoms with Crippen LogP contribution in [-0.2, 0) is 0 Å². The summed E-state index contributed by atoms with van der Waals surface area (Å²) in [4.78, 5) is 2.37. The minimum absolute atomic E-state index is 1.09. The van der Waals surface area contributed by atoms with Crippen LogP contribution in [0.25, 0.3) is 82.8 Å². The van der Waals surface area contributed by atoms with Crippen molar-refractivity contribution >= 4 is 49.6 Å². The molecular weight excluding hydrogens is 725 g/mol. The molecule has 0 saturated heterocycles. The zero-order valence-electron chi connectivity index (χ0n) is 33.0. The molecule has 2 nitrogen and oxygen atoms in total. The second kappa shape index (κ2) is 15.1. The van der Waals surface area contributed by atoms with E-state index in [1.165, 1.54) is 77.1 Å². The molecule has 0 amide bonds. The average Bonchev–Trinajstić information content (AvgIpc) is 3.67. The van der Waals surface area contributed by atoms with E-state index >= 15 is 0 Å². The molecule has 0 aliphatic heterocycles. The van der Waals surface area contributed by atoms with Gasteiger partial charge in [0.15, 0.2) is 0 Å². The van der Waals surface area contributed by atoms with Crippen LogP contribution in [0.4, 0.5) is 17.1 Å². The van der Waals surface area contributed by atoms with Gasteiger partial charge in [0.1, 0.15) is 0 Å². The lowest BCUT2D eigenvalue weighted by molar-refractivity contribution is 1.18. The van der Waals surface area contributed by atoms with Crippen LogP contribution in [0, 0.1) is 0 Å². The first-order valence-electron chi connectivity index (χ1n) is 20.6. The van der Waals surface area contributed by atoms with Crippen LogP contribution < -0.4 is 4.90 Å². The summed E-state index contributed by atoms with van der Waals surface area (Å²) in [5, 5.41) is 5.03. The highest BCUT2D eigenvalue weighted by Gasteiger charge is 2.17. The number of hydrogen-bond acceptors (Lipinski definition) is 1. The van der Waals surface area contributed by atoms with E-state index in [1.807, 2.05) is 0 Å².